The zero-order valence-electron chi connectivity index (χ0n) is 20.0. The molecular formula is C27H40N2O3. The second kappa shape index (κ2) is 10.7. The standard InChI is InChI=1S/C27H40N2O3/c1-19(14-23(26(31)32)15-20-10-6-5-7-11-20)17-29-18-22-13-9-8-12-21(22)16-24(29)25(30)28-27(2,3)4/h5-7,10-11,21-24H,1,8-9,12-18H2,2-4H3,(H,28,30)(H,31,32)/t21-,22+,23?,24+/m1/s1. The van der Waals surface area contributed by atoms with Crippen LogP contribution in [-0.4, -0.2) is 46.6 Å². The molecular weight excluding hydrogens is 400 g/mol. The molecule has 2 aliphatic rings. The van der Waals surface area contributed by atoms with Crippen LogP contribution >= 0.6 is 0 Å². The lowest BCUT2D eigenvalue weighted by Crippen LogP contribution is -2.57. The van der Waals surface area contributed by atoms with Gasteiger partial charge in [0.05, 0.1) is 12.0 Å². The van der Waals surface area contributed by atoms with Crippen molar-refractivity contribution in [2.24, 2.45) is 17.8 Å². The summed E-state index contributed by atoms with van der Waals surface area (Å²) in [6.45, 7) is 11.8. The molecule has 1 aliphatic carbocycles. The van der Waals surface area contributed by atoms with Gasteiger partial charge in [0.15, 0.2) is 0 Å². The Kier molecular flexibility index (Phi) is 8.16. The number of likely N-dealkylation sites (tertiary alicyclic amines) is 1. The molecule has 1 aliphatic heterocycles. The molecule has 0 bridgehead atoms. The molecule has 1 amide bonds. The zero-order chi connectivity index (χ0) is 23.3. The summed E-state index contributed by atoms with van der Waals surface area (Å²) in [5.41, 5.74) is 1.65. The highest BCUT2D eigenvalue weighted by Crippen LogP contribution is 2.39. The number of rotatable bonds is 8. The summed E-state index contributed by atoms with van der Waals surface area (Å²) >= 11 is 0. The van der Waals surface area contributed by atoms with E-state index < -0.39 is 11.9 Å². The third-order valence-electron chi connectivity index (χ3n) is 6.94. The molecule has 3 rings (SSSR count). The number of nitrogens with zero attached hydrogens (tertiary/aromatic N) is 1. The van der Waals surface area contributed by atoms with Gasteiger partial charge in [-0.1, -0.05) is 61.7 Å². The van der Waals surface area contributed by atoms with Crippen LogP contribution in [0.1, 0.15) is 64.9 Å². The number of carbonyl (C=O) groups excluding carboxylic acids is 1. The van der Waals surface area contributed by atoms with Crippen LogP contribution < -0.4 is 5.32 Å². The Bertz CT molecular complexity index is 799. The molecule has 0 spiro atoms. The molecule has 2 fully saturated rings. The van der Waals surface area contributed by atoms with Crippen molar-refractivity contribution in [3.63, 3.8) is 0 Å². The third-order valence-corrected chi connectivity index (χ3v) is 6.94. The summed E-state index contributed by atoms with van der Waals surface area (Å²) in [7, 11) is 0. The molecule has 1 saturated heterocycles. The number of amides is 1. The van der Waals surface area contributed by atoms with Crippen LogP contribution in [0.3, 0.4) is 0 Å². The molecule has 1 aromatic rings. The zero-order valence-corrected chi connectivity index (χ0v) is 20.0. The van der Waals surface area contributed by atoms with Crippen LogP contribution in [0.2, 0.25) is 0 Å². The van der Waals surface area contributed by atoms with Crippen molar-refractivity contribution in [1.82, 2.24) is 10.2 Å². The number of hydrogen-bond acceptors (Lipinski definition) is 3. The van der Waals surface area contributed by atoms with Crippen molar-refractivity contribution in [1.29, 1.82) is 0 Å². The van der Waals surface area contributed by atoms with Gasteiger partial charge in [0.2, 0.25) is 5.91 Å². The van der Waals surface area contributed by atoms with E-state index in [2.05, 4.69) is 16.8 Å². The summed E-state index contributed by atoms with van der Waals surface area (Å²) in [5.74, 6) is 0.0547. The van der Waals surface area contributed by atoms with Crippen molar-refractivity contribution < 1.29 is 14.7 Å². The Morgan fingerprint density at radius 1 is 1.16 bits per heavy atom. The highest BCUT2D eigenvalue weighted by atomic mass is 16.4. The summed E-state index contributed by atoms with van der Waals surface area (Å²) in [5, 5.41) is 13.0. The fourth-order valence-electron chi connectivity index (χ4n) is 5.45. The van der Waals surface area contributed by atoms with Crippen LogP contribution in [0, 0.1) is 17.8 Å². The van der Waals surface area contributed by atoms with Crippen LogP contribution in [0.25, 0.3) is 0 Å². The molecule has 2 N–H and O–H groups in total. The van der Waals surface area contributed by atoms with Crippen LogP contribution in [-0.2, 0) is 16.0 Å². The van der Waals surface area contributed by atoms with Gasteiger partial charge in [-0.25, -0.2) is 0 Å². The van der Waals surface area contributed by atoms with Crippen LogP contribution in [0.15, 0.2) is 42.5 Å². The van der Waals surface area contributed by atoms with E-state index in [1.165, 1.54) is 25.7 Å². The molecule has 32 heavy (non-hydrogen) atoms. The highest BCUT2D eigenvalue weighted by molar-refractivity contribution is 5.82. The smallest absolute Gasteiger partial charge is 0.307 e. The minimum absolute atomic E-state index is 0.0911. The van der Waals surface area contributed by atoms with E-state index in [9.17, 15) is 14.7 Å². The van der Waals surface area contributed by atoms with Crippen LogP contribution in [0.5, 0.6) is 0 Å². The number of carboxylic acid groups (broad SMARTS) is 1. The van der Waals surface area contributed by atoms with Gasteiger partial charge < -0.3 is 10.4 Å². The van der Waals surface area contributed by atoms with E-state index >= 15 is 0 Å². The molecule has 176 valence electrons. The Labute approximate surface area is 193 Å². The van der Waals surface area contributed by atoms with E-state index in [-0.39, 0.29) is 17.5 Å². The van der Waals surface area contributed by atoms with E-state index in [0.29, 0.717) is 31.2 Å². The Balaban J connectivity index is 1.68. The molecule has 1 unspecified atom stereocenters. The summed E-state index contributed by atoms with van der Waals surface area (Å²) < 4.78 is 0. The molecule has 1 saturated carbocycles. The van der Waals surface area contributed by atoms with E-state index in [1.807, 2.05) is 51.1 Å². The minimum Gasteiger partial charge on any atom is -0.481 e. The molecule has 5 heteroatoms. The van der Waals surface area contributed by atoms with Gasteiger partial charge in [0.25, 0.3) is 0 Å². The number of fused-ring (bicyclic) bond motifs is 1. The van der Waals surface area contributed by atoms with Gasteiger partial charge in [-0.15, -0.1) is 0 Å². The number of hydrogen-bond donors (Lipinski definition) is 2. The molecule has 0 radical (unpaired) electrons. The fourth-order valence-corrected chi connectivity index (χ4v) is 5.45. The van der Waals surface area contributed by atoms with Crippen molar-refractivity contribution >= 4 is 11.9 Å². The van der Waals surface area contributed by atoms with Gasteiger partial charge in [0, 0.05) is 18.6 Å². The first-order valence-electron chi connectivity index (χ1n) is 12.1. The number of carbonyl (C=O) groups is 2. The van der Waals surface area contributed by atoms with Crippen molar-refractivity contribution in [3.8, 4) is 0 Å². The summed E-state index contributed by atoms with van der Waals surface area (Å²) in [6.07, 6.45) is 6.81. The predicted octanol–water partition coefficient (Wildman–Crippen LogP) is 4.67. The average Bonchev–Trinajstić information content (AvgIpc) is 2.72. The van der Waals surface area contributed by atoms with Gasteiger partial charge in [0.1, 0.15) is 0 Å². The van der Waals surface area contributed by atoms with Crippen LogP contribution in [0.4, 0.5) is 0 Å². The lowest BCUT2D eigenvalue weighted by atomic mass is 9.72. The summed E-state index contributed by atoms with van der Waals surface area (Å²) in [4.78, 5) is 27.4. The van der Waals surface area contributed by atoms with Crippen molar-refractivity contribution in [3.05, 3.63) is 48.0 Å². The molecule has 5 nitrogen and oxygen atoms in total. The van der Waals surface area contributed by atoms with E-state index in [4.69, 9.17) is 0 Å². The first-order chi connectivity index (χ1) is 15.1. The molecule has 1 aromatic carbocycles. The maximum Gasteiger partial charge on any atom is 0.307 e. The first-order valence-corrected chi connectivity index (χ1v) is 12.1. The van der Waals surface area contributed by atoms with Crippen molar-refractivity contribution in [2.45, 2.75) is 77.3 Å². The van der Waals surface area contributed by atoms with Gasteiger partial charge in [-0.05, 0) is 63.9 Å². The number of nitrogens with one attached hydrogen (secondary N) is 1. The predicted molar refractivity (Wildman–Crippen MR) is 128 cm³/mol. The largest absolute Gasteiger partial charge is 0.481 e. The Morgan fingerprint density at radius 3 is 2.44 bits per heavy atom. The fraction of sp³-hybridized carbons (Fsp3) is 0.630. The SMILES string of the molecule is C=C(CC(Cc1ccccc1)C(=O)O)CN1C[C@@H]2CCCC[C@@H]2C[C@H]1C(=O)NC(C)(C)C. The first kappa shape index (κ1) is 24.5. The Morgan fingerprint density at radius 2 is 1.81 bits per heavy atom. The molecule has 0 aromatic heterocycles. The summed E-state index contributed by atoms with van der Waals surface area (Å²) in [6, 6.07) is 9.60. The lowest BCUT2D eigenvalue weighted by Gasteiger charge is -2.46. The van der Waals surface area contributed by atoms with E-state index in [0.717, 1.165) is 24.1 Å². The van der Waals surface area contributed by atoms with Crippen molar-refractivity contribution in [2.75, 3.05) is 13.1 Å². The average molecular weight is 441 g/mol. The van der Waals surface area contributed by atoms with E-state index in [1.54, 1.807) is 0 Å². The number of aliphatic carboxylic acids is 1. The number of benzene rings is 1. The van der Waals surface area contributed by atoms with Gasteiger partial charge in [-0.2, -0.15) is 0 Å². The molecule has 1 heterocycles. The maximum atomic E-state index is 13.2. The van der Waals surface area contributed by atoms with Gasteiger partial charge in [-0.3, -0.25) is 14.5 Å². The minimum atomic E-state index is -0.789. The second-order valence-corrected chi connectivity index (χ2v) is 10.9. The number of piperidine rings is 1. The second-order valence-electron chi connectivity index (χ2n) is 10.9. The normalized spacial score (nSPS) is 24.9. The molecule has 4 atom stereocenters. The highest BCUT2D eigenvalue weighted by Gasteiger charge is 2.40. The quantitative estimate of drug-likeness (QED) is 0.576. The number of carboxylic acids is 1. The van der Waals surface area contributed by atoms with Gasteiger partial charge >= 0.3 is 5.97 Å². The third kappa shape index (κ3) is 6.93. The Hall–Kier alpha value is -2.14. The maximum absolute atomic E-state index is 13.2. The topological polar surface area (TPSA) is 69.6 Å². The monoisotopic (exact) mass is 440 g/mol. The lowest BCUT2D eigenvalue weighted by molar-refractivity contribution is -0.141.